The molecule has 0 aromatic heterocycles. The van der Waals surface area contributed by atoms with E-state index in [-0.39, 0.29) is 24.8 Å². The number of methoxy groups -OCH3 is 1. The normalized spacial score (nSPS) is 11.5. The van der Waals surface area contributed by atoms with Crippen LogP contribution < -0.4 is 14.8 Å². The molecule has 2 rings (SSSR count). The molecule has 0 spiro atoms. The van der Waals surface area contributed by atoms with Gasteiger partial charge in [-0.2, -0.15) is 0 Å². The van der Waals surface area contributed by atoms with Gasteiger partial charge < -0.3 is 19.7 Å². The van der Waals surface area contributed by atoms with Crippen LogP contribution in [0.3, 0.4) is 0 Å². The van der Waals surface area contributed by atoms with Crippen molar-refractivity contribution >= 4 is 35.0 Å². The van der Waals surface area contributed by atoms with Crippen LogP contribution in [0.4, 0.5) is 0 Å². The van der Waals surface area contributed by atoms with Crippen molar-refractivity contribution in [1.29, 1.82) is 0 Å². The van der Waals surface area contributed by atoms with E-state index >= 15 is 0 Å². The van der Waals surface area contributed by atoms with Gasteiger partial charge in [-0.05, 0) is 55.3 Å². The van der Waals surface area contributed by atoms with Gasteiger partial charge >= 0.3 is 0 Å². The van der Waals surface area contributed by atoms with Crippen molar-refractivity contribution in [2.75, 3.05) is 20.8 Å². The third kappa shape index (κ3) is 6.82. The van der Waals surface area contributed by atoms with E-state index in [1.54, 1.807) is 39.3 Å². The molecule has 0 heterocycles. The predicted octanol–water partition coefficient (Wildman–Crippen LogP) is 4.32. The molecule has 1 atom stereocenters. The minimum absolute atomic E-state index is 0.143. The summed E-state index contributed by atoms with van der Waals surface area (Å²) >= 11 is 12.1. The van der Waals surface area contributed by atoms with Crippen LogP contribution in [0, 0.1) is 0 Å². The second kappa shape index (κ2) is 11.7. The highest BCUT2D eigenvalue weighted by atomic mass is 35.5. The van der Waals surface area contributed by atoms with Crippen molar-refractivity contribution in [3.63, 3.8) is 0 Å². The fourth-order valence-corrected chi connectivity index (χ4v) is 3.18. The number of likely N-dealkylation sites (N-methyl/N-ethyl adjacent to an activating group) is 1. The molecule has 0 unspecified atom stereocenters. The first-order chi connectivity index (χ1) is 14.3. The average molecular weight is 453 g/mol. The lowest BCUT2D eigenvalue weighted by atomic mass is 10.1. The molecule has 0 bridgehead atoms. The number of hydrogen-bond donors (Lipinski definition) is 1. The Labute approximate surface area is 187 Å². The number of nitrogens with zero attached hydrogens (tertiary/aromatic N) is 1. The first kappa shape index (κ1) is 23.8. The average Bonchev–Trinajstić information content (AvgIpc) is 2.76. The maximum atomic E-state index is 12.9. The van der Waals surface area contributed by atoms with E-state index < -0.39 is 6.04 Å². The maximum absolute atomic E-state index is 12.9. The number of carbonyl (C=O) groups excluding carboxylic acids is 2. The Morgan fingerprint density at radius 1 is 1.07 bits per heavy atom. The third-order valence-corrected chi connectivity index (χ3v) is 5.35. The topological polar surface area (TPSA) is 67.9 Å². The summed E-state index contributed by atoms with van der Waals surface area (Å²) in [4.78, 5) is 26.6. The Hall–Kier alpha value is -2.44. The molecule has 1 N–H and O–H groups in total. The van der Waals surface area contributed by atoms with Crippen molar-refractivity contribution in [2.45, 2.75) is 32.4 Å². The standard InChI is InChI=1S/C22H26Cl2N2O4/c1-15(22(28)25-2)26(14-16-6-11-19(23)20(24)13-16)21(27)5-4-12-30-18-9-7-17(29-3)8-10-18/h6-11,13,15H,4-5,12,14H2,1-3H3,(H,25,28)/t15-/m1/s1. The van der Waals surface area contributed by atoms with Crippen molar-refractivity contribution in [3.8, 4) is 11.5 Å². The third-order valence-electron chi connectivity index (χ3n) is 4.61. The maximum Gasteiger partial charge on any atom is 0.242 e. The first-order valence-corrected chi connectivity index (χ1v) is 10.3. The van der Waals surface area contributed by atoms with Gasteiger partial charge in [-0.3, -0.25) is 9.59 Å². The summed E-state index contributed by atoms with van der Waals surface area (Å²) in [6.45, 7) is 2.33. The number of carbonyl (C=O) groups is 2. The fraction of sp³-hybridized carbons (Fsp3) is 0.364. The molecular formula is C22H26Cl2N2O4. The number of halogens is 2. The van der Waals surface area contributed by atoms with Crippen LogP contribution in [0.2, 0.25) is 10.0 Å². The molecular weight excluding hydrogens is 427 g/mol. The quantitative estimate of drug-likeness (QED) is 0.544. The van der Waals surface area contributed by atoms with Crippen LogP contribution in [-0.4, -0.2) is 43.5 Å². The lowest BCUT2D eigenvalue weighted by molar-refractivity contribution is -0.140. The van der Waals surface area contributed by atoms with Crippen LogP contribution in [-0.2, 0) is 16.1 Å². The number of amides is 2. The van der Waals surface area contributed by atoms with Gasteiger partial charge in [0, 0.05) is 20.0 Å². The van der Waals surface area contributed by atoms with Gasteiger partial charge in [0.2, 0.25) is 11.8 Å². The van der Waals surface area contributed by atoms with Crippen molar-refractivity contribution in [3.05, 3.63) is 58.1 Å². The second-order valence-electron chi connectivity index (χ2n) is 6.69. The molecule has 0 saturated carbocycles. The molecule has 2 aromatic carbocycles. The summed E-state index contributed by atoms with van der Waals surface area (Å²) in [6.07, 6.45) is 0.766. The molecule has 30 heavy (non-hydrogen) atoms. The molecule has 8 heteroatoms. The zero-order valence-electron chi connectivity index (χ0n) is 17.3. The van der Waals surface area contributed by atoms with E-state index in [1.165, 1.54) is 4.90 Å². The molecule has 0 aliphatic rings. The van der Waals surface area contributed by atoms with Gasteiger partial charge in [-0.25, -0.2) is 0 Å². The monoisotopic (exact) mass is 452 g/mol. The summed E-state index contributed by atoms with van der Waals surface area (Å²) in [5.74, 6) is 1.07. The first-order valence-electron chi connectivity index (χ1n) is 9.57. The van der Waals surface area contributed by atoms with Crippen LogP contribution >= 0.6 is 23.2 Å². The molecule has 0 fully saturated rings. The van der Waals surface area contributed by atoms with Gasteiger partial charge in [0.05, 0.1) is 23.8 Å². The van der Waals surface area contributed by atoms with Crippen LogP contribution in [0.25, 0.3) is 0 Å². The van der Waals surface area contributed by atoms with E-state index in [0.29, 0.717) is 28.8 Å². The van der Waals surface area contributed by atoms with Crippen molar-refractivity contribution in [1.82, 2.24) is 10.2 Å². The van der Waals surface area contributed by atoms with Gasteiger partial charge in [0.1, 0.15) is 17.5 Å². The highest BCUT2D eigenvalue weighted by Crippen LogP contribution is 2.24. The smallest absolute Gasteiger partial charge is 0.242 e. The van der Waals surface area contributed by atoms with Gasteiger partial charge in [0.15, 0.2) is 0 Å². The molecule has 0 aliphatic carbocycles. The van der Waals surface area contributed by atoms with E-state index in [9.17, 15) is 9.59 Å². The van der Waals surface area contributed by atoms with Gasteiger partial charge in [0.25, 0.3) is 0 Å². The minimum atomic E-state index is -0.625. The van der Waals surface area contributed by atoms with Crippen LogP contribution in [0.15, 0.2) is 42.5 Å². The molecule has 2 amide bonds. The zero-order chi connectivity index (χ0) is 22.1. The molecule has 2 aromatic rings. The number of nitrogens with one attached hydrogen (secondary N) is 1. The molecule has 162 valence electrons. The SMILES string of the molecule is CNC(=O)[C@@H](C)N(Cc1ccc(Cl)c(Cl)c1)C(=O)CCCOc1ccc(OC)cc1. The Morgan fingerprint density at radius 2 is 1.73 bits per heavy atom. The molecule has 6 nitrogen and oxygen atoms in total. The Bertz CT molecular complexity index is 859. The molecule has 0 saturated heterocycles. The van der Waals surface area contributed by atoms with Gasteiger partial charge in [-0.15, -0.1) is 0 Å². The highest BCUT2D eigenvalue weighted by molar-refractivity contribution is 6.42. The summed E-state index contributed by atoms with van der Waals surface area (Å²) < 4.78 is 10.8. The number of hydrogen-bond acceptors (Lipinski definition) is 4. The molecule has 0 radical (unpaired) electrons. The predicted molar refractivity (Wildman–Crippen MR) is 118 cm³/mol. The number of rotatable bonds is 10. The molecule has 0 aliphatic heterocycles. The minimum Gasteiger partial charge on any atom is -0.497 e. The second-order valence-corrected chi connectivity index (χ2v) is 7.50. The highest BCUT2D eigenvalue weighted by Gasteiger charge is 2.25. The summed E-state index contributed by atoms with van der Waals surface area (Å²) in [6, 6.07) is 11.8. The largest absolute Gasteiger partial charge is 0.497 e. The number of ether oxygens (including phenoxy) is 2. The Balaban J connectivity index is 1.97. The van der Waals surface area contributed by atoms with E-state index in [0.717, 1.165) is 11.3 Å². The Morgan fingerprint density at radius 3 is 2.33 bits per heavy atom. The Kier molecular flexibility index (Phi) is 9.27. The summed E-state index contributed by atoms with van der Waals surface area (Å²) in [5, 5.41) is 3.43. The number of benzene rings is 2. The van der Waals surface area contributed by atoms with Crippen LogP contribution in [0.5, 0.6) is 11.5 Å². The summed E-state index contributed by atoms with van der Waals surface area (Å²) in [5.41, 5.74) is 0.794. The fourth-order valence-electron chi connectivity index (χ4n) is 2.86. The lowest BCUT2D eigenvalue weighted by Crippen LogP contribution is -2.46. The van der Waals surface area contributed by atoms with E-state index in [4.69, 9.17) is 32.7 Å². The summed E-state index contributed by atoms with van der Waals surface area (Å²) in [7, 11) is 3.15. The van der Waals surface area contributed by atoms with E-state index in [2.05, 4.69) is 5.32 Å². The van der Waals surface area contributed by atoms with Crippen LogP contribution in [0.1, 0.15) is 25.3 Å². The zero-order valence-corrected chi connectivity index (χ0v) is 18.8. The van der Waals surface area contributed by atoms with Gasteiger partial charge in [-0.1, -0.05) is 29.3 Å². The van der Waals surface area contributed by atoms with E-state index in [1.807, 2.05) is 24.3 Å². The lowest BCUT2D eigenvalue weighted by Gasteiger charge is -2.28. The van der Waals surface area contributed by atoms with Crippen molar-refractivity contribution < 1.29 is 19.1 Å². The van der Waals surface area contributed by atoms with Crippen molar-refractivity contribution in [2.24, 2.45) is 0 Å².